The van der Waals surface area contributed by atoms with E-state index in [0.717, 1.165) is 0 Å². The van der Waals surface area contributed by atoms with E-state index in [9.17, 15) is 4.79 Å². The highest BCUT2D eigenvalue weighted by atomic mass is 16.5. The van der Waals surface area contributed by atoms with E-state index in [-0.39, 0.29) is 11.5 Å². The molecule has 5 N–H and O–H groups in total. The maximum Gasteiger partial charge on any atom is 0.340 e. The highest BCUT2D eigenvalue weighted by Gasteiger charge is 2.13. The fourth-order valence-corrected chi connectivity index (χ4v) is 1.62. The van der Waals surface area contributed by atoms with Gasteiger partial charge in [-0.2, -0.15) is 0 Å². The predicted octanol–water partition coefficient (Wildman–Crippen LogP) is 1.56. The highest BCUT2D eigenvalue weighted by molar-refractivity contribution is 5.97. The summed E-state index contributed by atoms with van der Waals surface area (Å²) in [5.41, 5.74) is 12.6. The quantitative estimate of drug-likeness (QED) is 0.724. The van der Waals surface area contributed by atoms with Crippen molar-refractivity contribution >= 4 is 29.0 Å². The Balaban J connectivity index is 2.34. The van der Waals surface area contributed by atoms with Crippen molar-refractivity contribution < 1.29 is 9.53 Å². The van der Waals surface area contributed by atoms with E-state index in [1.165, 1.54) is 6.33 Å². The van der Waals surface area contributed by atoms with Crippen LogP contribution in [0.15, 0.2) is 30.6 Å². The first-order valence-electron chi connectivity index (χ1n) is 6.02. The topological polar surface area (TPSA) is 116 Å². The van der Waals surface area contributed by atoms with Gasteiger partial charge in [0.15, 0.2) is 11.6 Å². The Morgan fingerprint density at radius 2 is 2.05 bits per heavy atom. The number of hydrogen-bond donors (Lipinski definition) is 3. The summed E-state index contributed by atoms with van der Waals surface area (Å²) in [6, 6.07) is 6.91. The number of aromatic nitrogens is 2. The molecule has 0 saturated carbocycles. The minimum Gasteiger partial charge on any atom is -0.462 e. The molecule has 0 radical (unpaired) electrons. The summed E-state index contributed by atoms with van der Waals surface area (Å²) < 4.78 is 4.99. The van der Waals surface area contributed by atoms with Crippen molar-refractivity contribution in [2.45, 2.75) is 6.92 Å². The number of ether oxygens (including phenoxy) is 1. The standard InChI is InChI=1S/C13H15N5O2/c1-2-20-13(19)8-5-3-4-6-9(8)18-12-10(14)11(15)16-7-17-12/h3-7H,2,14H2,1H3,(H3,15,16,17,18). The number of nitrogens with two attached hydrogens (primary N) is 2. The molecule has 0 atom stereocenters. The Hall–Kier alpha value is -2.83. The van der Waals surface area contributed by atoms with Crippen LogP contribution in [0.4, 0.5) is 23.0 Å². The summed E-state index contributed by atoms with van der Waals surface area (Å²) in [6.45, 7) is 2.05. The molecule has 0 spiro atoms. The summed E-state index contributed by atoms with van der Waals surface area (Å²) in [5, 5.41) is 2.96. The third-order valence-electron chi connectivity index (χ3n) is 2.59. The number of carbonyl (C=O) groups excluding carboxylic acids is 1. The third-order valence-corrected chi connectivity index (χ3v) is 2.59. The Morgan fingerprint density at radius 3 is 2.80 bits per heavy atom. The second kappa shape index (κ2) is 5.87. The van der Waals surface area contributed by atoms with E-state index in [0.29, 0.717) is 23.7 Å². The van der Waals surface area contributed by atoms with E-state index in [2.05, 4.69) is 15.3 Å². The van der Waals surface area contributed by atoms with E-state index in [4.69, 9.17) is 16.2 Å². The molecule has 0 saturated heterocycles. The van der Waals surface area contributed by atoms with Crippen molar-refractivity contribution in [3.63, 3.8) is 0 Å². The Kier molecular flexibility index (Phi) is 3.99. The van der Waals surface area contributed by atoms with Gasteiger partial charge in [0.2, 0.25) is 0 Å². The van der Waals surface area contributed by atoms with Crippen LogP contribution in [0.3, 0.4) is 0 Å². The third kappa shape index (κ3) is 2.77. The molecule has 0 aliphatic rings. The van der Waals surface area contributed by atoms with Gasteiger partial charge in [0.25, 0.3) is 0 Å². The number of nitrogens with one attached hydrogen (secondary N) is 1. The van der Waals surface area contributed by atoms with Crippen LogP contribution >= 0.6 is 0 Å². The van der Waals surface area contributed by atoms with Crippen LogP contribution < -0.4 is 16.8 Å². The van der Waals surface area contributed by atoms with Crippen LogP contribution in [0.1, 0.15) is 17.3 Å². The van der Waals surface area contributed by atoms with Crippen molar-refractivity contribution in [3.05, 3.63) is 36.2 Å². The zero-order valence-electron chi connectivity index (χ0n) is 11.0. The lowest BCUT2D eigenvalue weighted by Gasteiger charge is -2.12. The summed E-state index contributed by atoms with van der Waals surface area (Å²) in [5.74, 6) is 0.0987. The minimum absolute atomic E-state index is 0.177. The number of hydrogen-bond acceptors (Lipinski definition) is 7. The lowest BCUT2D eigenvalue weighted by Crippen LogP contribution is -2.10. The second-order valence-corrected chi connectivity index (χ2v) is 3.91. The molecular formula is C13H15N5O2. The second-order valence-electron chi connectivity index (χ2n) is 3.91. The molecule has 0 amide bonds. The van der Waals surface area contributed by atoms with Gasteiger partial charge < -0.3 is 21.5 Å². The molecule has 20 heavy (non-hydrogen) atoms. The summed E-state index contributed by atoms with van der Waals surface area (Å²) in [6.07, 6.45) is 1.29. The number of carbonyl (C=O) groups is 1. The van der Waals surface area contributed by atoms with Gasteiger partial charge >= 0.3 is 5.97 Å². The highest BCUT2D eigenvalue weighted by Crippen LogP contribution is 2.26. The van der Waals surface area contributed by atoms with Crippen molar-refractivity contribution in [1.82, 2.24) is 9.97 Å². The Morgan fingerprint density at radius 1 is 1.30 bits per heavy atom. The van der Waals surface area contributed by atoms with Gasteiger partial charge in [-0.3, -0.25) is 0 Å². The average molecular weight is 273 g/mol. The van der Waals surface area contributed by atoms with Crippen molar-refractivity contribution in [1.29, 1.82) is 0 Å². The molecule has 7 nitrogen and oxygen atoms in total. The maximum absolute atomic E-state index is 11.9. The predicted molar refractivity (Wildman–Crippen MR) is 76.5 cm³/mol. The zero-order valence-corrected chi connectivity index (χ0v) is 11.0. The molecule has 0 aliphatic carbocycles. The van der Waals surface area contributed by atoms with Crippen LogP contribution in [0.5, 0.6) is 0 Å². The number of nitrogen functional groups attached to an aromatic ring is 2. The normalized spacial score (nSPS) is 10.1. The fraction of sp³-hybridized carbons (Fsp3) is 0.154. The van der Waals surface area contributed by atoms with Crippen molar-refractivity contribution in [2.24, 2.45) is 0 Å². The van der Waals surface area contributed by atoms with Gasteiger partial charge in [0.1, 0.15) is 12.0 Å². The molecular weight excluding hydrogens is 258 g/mol. The van der Waals surface area contributed by atoms with Crippen molar-refractivity contribution in [3.8, 4) is 0 Å². The number of nitrogens with zero attached hydrogens (tertiary/aromatic N) is 2. The van der Waals surface area contributed by atoms with E-state index in [1.807, 2.05) is 0 Å². The van der Waals surface area contributed by atoms with Gasteiger partial charge in [-0.1, -0.05) is 12.1 Å². The Labute approximate surface area is 116 Å². The number of rotatable bonds is 4. The lowest BCUT2D eigenvalue weighted by molar-refractivity contribution is 0.0527. The molecule has 2 rings (SSSR count). The van der Waals surface area contributed by atoms with Crippen LogP contribution in [0.2, 0.25) is 0 Å². The summed E-state index contributed by atoms with van der Waals surface area (Å²) in [4.78, 5) is 19.6. The Bertz CT molecular complexity index is 630. The van der Waals surface area contributed by atoms with Crippen LogP contribution in [0, 0.1) is 0 Å². The minimum atomic E-state index is -0.420. The van der Waals surface area contributed by atoms with Crippen LogP contribution in [-0.2, 0) is 4.74 Å². The maximum atomic E-state index is 11.9. The first-order valence-corrected chi connectivity index (χ1v) is 6.02. The largest absolute Gasteiger partial charge is 0.462 e. The smallest absolute Gasteiger partial charge is 0.340 e. The van der Waals surface area contributed by atoms with Gasteiger partial charge in [-0.25, -0.2) is 14.8 Å². The number of anilines is 4. The molecule has 0 fully saturated rings. The van der Waals surface area contributed by atoms with Gasteiger partial charge in [0.05, 0.1) is 17.9 Å². The van der Waals surface area contributed by atoms with Crippen LogP contribution in [0.25, 0.3) is 0 Å². The van der Waals surface area contributed by atoms with E-state index >= 15 is 0 Å². The van der Waals surface area contributed by atoms with Gasteiger partial charge in [0, 0.05) is 0 Å². The SMILES string of the molecule is CCOC(=O)c1ccccc1Nc1ncnc(N)c1N. The monoisotopic (exact) mass is 273 g/mol. The van der Waals surface area contributed by atoms with Gasteiger partial charge in [-0.05, 0) is 19.1 Å². The molecule has 7 heteroatoms. The fourth-order valence-electron chi connectivity index (χ4n) is 1.62. The molecule has 104 valence electrons. The summed E-state index contributed by atoms with van der Waals surface area (Å²) >= 11 is 0. The average Bonchev–Trinajstić information content (AvgIpc) is 2.45. The van der Waals surface area contributed by atoms with E-state index in [1.54, 1.807) is 31.2 Å². The van der Waals surface area contributed by atoms with Crippen LogP contribution in [-0.4, -0.2) is 22.5 Å². The molecule has 1 heterocycles. The number of para-hydroxylation sites is 1. The molecule has 2 aromatic rings. The lowest BCUT2D eigenvalue weighted by atomic mass is 10.2. The number of benzene rings is 1. The first-order chi connectivity index (χ1) is 9.63. The molecule has 0 aliphatic heterocycles. The number of esters is 1. The van der Waals surface area contributed by atoms with E-state index < -0.39 is 5.97 Å². The molecule has 0 bridgehead atoms. The van der Waals surface area contributed by atoms with Crippen molar-refractivity contribution in [2.75, 3.05) is 23.4 Å². The first kappa shape index (κ1) is 13.6. The molecule has 1 aromatic carbocycles. The summed E-state index contributed by atoms with van der Waals surface area (Å²) in [7, 11) is 0. The zero-order chi connectivity index (χ0) is 14.5. The molecule has 1 aromatic heterocycles. The van der Waals surface area contributed by atoms with Gasteiger partial charge in [-0.15, -0.1) is 0 Å². The molecule has 0 unspecified atom stereocenters.